The quantitative estimate of drug-likeness (QED) is 0.735. The second-order valence-corrected chi connectivity index (χ2v) is 7.47. The first kappa shape index (κ1) is 10.1. The van der Waals surface area contributed by atoms with Crippen molar-refractivity contribution in [1.82, 2.24) is 9.62 Å². The molecule has 2 heterocycles. The lowest BCUT2D eigenvalue weighted by Gasteiger charge is -2.22. The van der Waals surface area contributed by atoms with Crippen LogP contribution in [0, 0.1) is 5.41 Å². The van der Waals surface area contributed by atoms with Gasteiger partial charge in [-0.3, -0.25) is 0 Å². The van der Waals surface area contributed by atoms with E-state index in [9.17, 15) is 8.42 Å². The molecule has 3 fully saturated rings. The van der Waals surface area contributed by atoms with E-state index in [4.69, 9.17) is 0 Å². The van der Waals surface area contributed by atoms with Gasteiger partial charge in [0.05, 0.1) is 5.25 Å². The molecule has 5 heteroatoms. The number of nitrogens with one attached hydrogen (secondary N) is 1. The number of rotatable bonds is 2. The van der Waals surface area contributed by atoms with Crippen LogP contribution in [-0.4, -0.2) is 44.2 Å². The van der Waals surface area contributed by atoms with Gasteiger partial charge in [-0.15, -0.1) is 0 Å². The van der Waals surface area contributed by atoms with E-state index >= 15 is 0 Å². The monoisotopic (exact) mass is 230 g/mol. The van der Waals surface area contributed by atoms with E-state index in [-0.39, 0.29) is 10.7 Å². The molecule has 0 aromatic rings. The summed E-state index contributed by atoms with van der Waals surface area (Å²) >= 11 is 0. The molecule has 0 aromatic carbocycles. The highest BCUT2D eigenvalue weighted by Crippen LogP contribution is 2.40. The van der Waals surface area contributed by atoms with E-state index in [1.807, 2.05) is 0 Å². The van der Waals surface area contributed by atoms with Crippen LogP contribution >= 0.6 is 0 Å². The Morgan fingerprint density at radius 3 is 2.67 bits per heavy atom. The summed E-state index contributed by atoms with van der Waals surface area (Å²) in [5.74, 6) is 0. The van der Waals surface area contributed by atoms with E-state index in [0.717, 1.165) is 51.9 Å². The van der Waals surface area contributed by atoms with Crippen molar-refractivity contribution in [1.29, 1.82) is 0 Å². The largest absolute Gasteiger partial charge is 0.316 e. The smallest absolute Gasteiger partial charge is 0.217 e. The molecule has 15 heavy (non-hydrogen) atoms. The fourth-order valence-corrected chi connectivity index (χ4v) is 4.78. The van der Waals surface area contributed by atoms with Crippen LogP contribution in [0.2, 0.25) is 0 Å². The van der Waals surface area contributed by atoms with E-state index in [1.165, 1.54) is 0 Å². The first-order chi connectivity index (χ1) is 7.12. The van der Waals surface area contributed by atoms with Gasteiger partial charge in [0.2, 0.25) is 10.0 Å². The van der Waals surface area contributed by atoms with Crippen molar-refractivity contribution >= 4 is 10.0 Å². The van der Waals surface area contributed by atoms with E-state index in [0.29, 0.717) is 0 Å². The Morgan fingerprint density at radius 1 is 1.27 bits per heavy atom. The van der Waals surface area contributed by atoms with Crippen LogP contribution in [0.5, 0.6) is 0 Å². The molecule has 0 radical (unpaired) electrons. The van der Waals surface area contributed by atoms with E-state index in [1.54, 1.807) is 4.31 Å². The summed E-state index contributed by atoms with van der Waals surface area (Å²) in [6.45, 7) is 3.57. The summed E-state index contributed by atoms with van der Waals surface area (Å²) < 4.78 is 25.8. The predicted molar refractivity (Wildman–Crippen MR) is 58.1 cm³/mol. The van der Waals surface area contributed by atoms with Gasteiger partial charge in [0.15, 0.2) is 0 Å². The lowest BCUT2D eigenvalue weighted by molar-refractivity contribution is 0.338. The van der Waals surface area contributed by atoms with Crippen LogP contribution in [0.15, 0.2) is 0 Å². The third-order valence-corrected chi connectivity index (χ3v) is 6.39. The maximum Gasteiger partial charge on any atom is 0.217 e. The van der Waals surface area contributed by atoms with Crippen LogP contribution in [0.4, 0.5) is 0 Å². The fourth-order valence-electron chi connectivity index (χ4n) is 2.83. The first-order valence-electron chi connectivity index (χ1n) is 5.82. The zero-order chi connectivity index (χ0) is 10.5. The Balaban J connectivity index is 1.75. The molecule has 0 amide bonds. The molecule has 1 unspecified atom stereocenters. The maximum absolute atomic E-state index is 12.0. The summed E-state index contributed by atoms with van der Waals surface area (Å²) in [5.41, 5.74) is 0.266. The van der Waals surface area contributed by atoms with Crippen molar-refractivity contribution in [3.63, 3.8) is 0 Å². The molecule has 0 aromatic heterocycles. The molecule has 2 saturated heterocycles. The van der Waals surface area contributed by atoms with Gasteiger partial charge in [-0.2, -0.15) is 0 Å². The van der Waals surface area contributed by atoms with E-state index < -0.39 is 10.0 Å². The fraction of sp³-hybridized carbons (Fsp3) is 1.00. The molecule has 3 rings (SSSR count). The van der Waals surface area contributed by atoms with Gasteiger partial charge in [-0.1, -0.05) is 0 Å². The van der Waals surface area contributed by atoms with Gasteiger partial charge in [-0.25, -0.2) is 12.7 Å². The standard InChI is InChI=1S/C10H18N2O2S/c13-15(14,9-1-2-9)12-6-4-10(8-12)3-5-11-7-10/h9,11H,1-8H2. The maximum atomic E-state index is 12.0. The Morgan fingerprint density at radius 2 is 2.07 bits per heavy atom. The molecule has 2 aliphatic heterocycles. The molecule has 1 spiro atoms. The normalized spacial score (nSPS) is 37.9. The van der Waals surface area contributed by atoms with Gasteiger partial charge in [-0.05, 0) is 37.6 Å². The van der Waals surface area contributed by atoms with Crippen molar-refractivity contribution in [2.45, 2.75) is 30.9 Å². The molecular weight excluding hydrogens is 212 g/mol. The summed E-state index contributed by atoms with van der Waals surface area (Å²) in [6.07, 6.45) is 3.95. The van der Waals surface area contributed by atoms with Crippen molar-refractivity contribution < 1.29 is 8.42 Å². The molecule has 86 valence electrons. The van der Waals surface area contributed by atoms with Gasteiger partial charge in [0, 0.05) is 19.6 Å². The molecule has 4 nitrogen and oxygen atoms in total. The summed E-state index contributed by atoms with van der Waals surface area (Å²) in [6, 6.07) is 0. The van der Waals surface area contributed by atoms with Crippen LogP contribution in [-0.2, 0) is 10.0 Å². The van der Waals surface area contributed by atoms with Gasteiger partial charge >= 0.3 is 0 Å². The number of hydrogen-bond acceptors (Lipinski definition) is 3. The van der Waals surface area contributed by atoms with Gasteiger partial charge in [0.1, 0.15) is 0 Å². The second-order valence-electron chi connectivity index (χ2n) is 5.25. The lowest BCUT2D eigenvalue weighted by atomic mass is 9.87. The number of nitrogens with zero attached hydrogens (tertiary/aromatic N) is 1. The van der Waals surface area contributed by atoms with Crippen molar-refractivity contribution in [3.8, 4) is 0 Å². The van der Waals surface area contributed by atoms with Gasteiger partial charge in [0.25, 0.3) is 0 Å². The first-order valence-corrected chi connectivity index (χ1v) is 7.33. The highest BCUT2D eigenvalue weighted by molar-refractivity contribution is 7.90. The summed E-state index contributed by atoms with van der Waals surface area (Å²) in [5, 5.41) is 3.31. The molecule has 1 aliphatic carbocycles. The lowest BCUT2D eigenvalue weighted by Crippen LogP contribution is -2.35. The molecular formula is C10H18N2O2S. The van der Waals surface area contributed by atoms with Gasteiger partial charge < -0.3 is 5.32 Å². The second kappa shape index (κ2) is 3.18. The number of sulfonamides is 1. The Hall–Kier alpha value is -0.130. The SMILES string of the molecule is O=S(=O)(C1CC1)N1CCC2(CCNC2)C1. The molecule has 1 saturated carbocycles. The highest BCUT2D eigenvalue weighted by atomic mass is 32.2. The van der Waals surface area contributed by atoms with Crippen molar-refractivity contribution in [3.05, 3.63) is 0 Å². The van der Waals surface area contributed by atoms with Crippen LogP contribution in [0.3, 0.4) is 0 Å². The zero-order valence-corrected chi connectivity index (χ0v) is 9.72. The topological polar surface area (TPSA) is 49.4 Å². The minimum absolute atomic E-state index is 0.0398. The average molecular weight is 230 g/mol. The molecule has 1 N–H and O–H groups in total. The summed E-state index contributed by atoms with van der Waals surface area (Å²) in [7, 11) is -2.92. The molecule has 0 bridgehead atoms. The molecule has 3 aliphatic rings. The van der Waals surface area contributed by atoms with Crippen LogP contribution < -0.4 is 5.32 Å². The zero-order valence-electron chi connectivity index (χ0n) is 8.91. The molecule has 1 atom stereocenters. The van der Waals surface area contributed by atoms with E-state index in [2.05, 4.69) is 5.32 Å². The van der Waals surface area contributed by atoms with Crippen LogP contribution in [0.1, 0.15) is 25.7 Å². The van der Waals surface area contributed by atoms with Crippen LogP contribution in [0.25, 0.3) is 0 Å². The Labute approximate surface area is 91.1 Å². The number of hydrogen-bond donors (Lipinski definition) is 1. The summed E-state index contributed by atoms with van der Waals surface area (Å²) in [4.78, 5) is 0. The Kier molecular flexibility index (Phi) is 2.13. The minimum Gasteiger partial charge on any atom is -0.316 e. The minimum atomic E-state index is -2.92. The van der Waals surface area contributed by atoms with Crippen molar-refractivity contribution in [2.75, 3.05) is 26.2 Å². The predicted octanol–water partition coefficient (Wildman–Crippen LogP) is 0.164. The third kappa shape index (κ3) is 1.61. The average Bonchev–Trinajstić information content (AvgIpc) is 2.86. The third-order valence-electron chi connectivity index (χ3n) is 4.04. The highest BCUT2D eigenvalue weighted by Gasteiger charge is 2.48. The Bertz CT molecular complexity index is 356. The van der Waals surface area contributed by atoms with Crippen molar-refractivity contribution in [2.24, 2.45) is 5.41 Å².